The highest BCUT2D eigenvalue weighted by molar-refractivity contribution is 14.0. The SMILES string of the molecule is CCNC(=NCCc1cccc(C(=O)NC)c1)NC1CCN(CCCOC)CC1.I. The highest BCUT2D eigenvalue weighted by Gasteiger charge is 2.19. The molecule has 1 aromatic rings. The summed E-state index contributed by atoms with van der Waals surface area (Å²) in [4.78, 5) is 19.0. The quantitative estimate of drug-likeness (QED) is 0.187. The van der Waals surface area contributed by atoms with Gasteiger partial charge in [0.25, 0.3) is 5.91 Å². The van der Waals surface area contributed by atoms with Crippen LogP contribution in [0.15, 0.2) is 29.3 Å². The molecule has 1 aliphatic heterocycles. The first kappa shape index (κ1) is 26.6. The summed E-state index contributed by atoms with van der Waals surface area (Å²) in [5.41, 5.74) is 1.81. The molecule has 0 aliphatic carbocycles. The van der Waals surface area contributed by atoms with E-state index in [-0.39, 0.29) is 29.9 Å². The van der Waals surface area contributed by atoms with E-state index in [2.05, 4.69) is 27.8 Å². The summed E-state index contributed by atoms with van der Waals surface area (Å²) in [5.74, 6) is 0.826. The highest BCUT2D eigenvalue weighted by Crippen LogP contribution is 2.11. The van der Waals surface area contributed by atoms with Crippen LogP contribution in [0.4, 0.5) is 0 Å². The molecule has 0 spiro atoms. The Morgan fingerprint density at radius 1 is 1.30 bits per heavy atom. The number of carbonyl (C=O) groups excluding carboxylic acids is 1. The van der Waals surface area contributed by atoms with E-state index in [1.807, 2.05) is 24.3 Å². The molecule has 1 fully saturated rings. The number of guanidine groups is 1. The number of rotatable bonds is 10. The van der Waals surface area contributed by atoms with E-state index >= 15 is 0 Å². The standard InChI is InChI=1S/C22H37N5O2.HI/c1-4-24-22(26-20-10-14-27(15-11-20)13-6-16-29-3)25-12-9-18-7-5-8-19(17-18)21(28)23-2;/h5,7-8,17,20H,4,6,9-16H2,1-3H3,(H,23,28)(H2,24,25,26);1H. The Labute approximate surface area is 198 Å². The first-order valence-corrected chi connectivity index (χ1v) is 10.7. The predicted octanol–water partition coefficient (Wildman–Crippen LogP) is 2.26. The zero-order valence-corrected chi connectivity index (χ0v) is 20.9. The molecule has 0 atom stereocenters. The van der Waals surface area contributed by atoms with E-state index in [0.717, 1.165) is 70.0 Å². The number of carbonyl (C=O) groups is 1. The van der Waals surface area contributed by atoms with E-state index in [1.54, 1.807) is 14.2 Å². The summed E-state index contributed by atoms with van der Waals surface area (Å²) >= 11 is 0. The van der Waals surface area contributed by atoms with Gasteiger partial charge >= 0.3 is 0 Å². The van der Waals surface area contributed by atoms with Crippen LogP contribution in [0.1, 0.15) is 42.1 Å². The molecule has 170 valence electrons. The van der Waals surface area contributed by atoms with Gasteiger partial charge in [0.1, 0.15) is 0 Å². The number of nitrogens with zero attached hydrogens (tertiary/aromatic N) is 2. The smallest absolute Gasteiger partial charge is 0.251 e. The van der Waals surface area contributed by atoms with Gasteiger partial charge in [0.2, 0.25) is 0 Å². The summed E-state index contributed by atoms with van der Waals surface area (Å²) < 4.78 is 5.14. The van der Waals surface area contributed by atoms with Crippen LogP contribution in [0.3, 0.4) is 0 Å². The van der Waals surface area contributed by atoms with Gasteiger partial charge in [-0.05, 0) is 50.3 Å². The first-order chi connectivity index (χ1) is 14.2. The van der Waals surface area contributed by atoms with Crippen molar-refractivity contribution in [1.29, 1.82) is 0 Å². The number of halogens is 1. The fourth-order valence-corrected chi connectivity index (χ4v) is 3.56. The van der Waals surface area contributed by atoms with E-state index in [1.165, 1.54) is 0 Å². The monoisotopic (exact) mass is 531 g/mol. The minimum Gasteiger partial charge on any atom is -0.385 e. The fourth-order valence-electron chi connectivity index (χ4n) is 3.56. The topological polar surface area (TPSA) is 78.0 Å². The van der Waals surface area contributed by atoms with Crippen LogP contribution in [-0.2, 0) is 11.2 Å². The third-order valence-corrected chi connectivity index (χ3v) is 5.18. The van der Waals surface area contributed by atoms with Crippen molar-refractivity contribution in [1.82, 2.24) is 20.9 Å². The summed E-state index contributed by atoms with van der Waals surface area (Å²) in [6, 6.07) is 8.20. The van der Waals surface area contributed by atoms with Gasteiger partial charge in [-0.3, -0.25) is 9.79 Å². The molecular formula is C22H38IN5O2. The Bertz CT molecular complexity index is 648. The van der Waals surface area contributed by atoms with Gasteiger partial charge in [0.05, 0.1) is 0 Å². The molecule has 0 unspecified atom stereocenters. The Hall–Kier alpha value is -1.39. The van der Waals surface area contributed by atoms with Gasteiger partial charge in [-0.1, -0.05) is 12.1 Å². The maximum atomic E-state index is 11.8. The summed E-state index contributed by atoms with van der Waals surface area (Å²) in [5, 5.41) is 9.61. The van der Waals surface area contributed by atoms with E-state index < -0.39 is 0 Å². The number of likely N-dealkylation sites (tertiary alicyclic amines) is 1. The molecule has 8 heteroatoms. The van der Waals surface area contributed by atoms with Crippen molar-refractivity contribution in [3.63, 3.8) is 0 Å². The van der Waals surface area contributed by atoms with Crippen molar-refractivity contribution in [3.8, 4) is 0 Å². The predicted molar refractivity (Wildman–Crippen MR) is 134 cm³/mol. The van der Waals surface area contributed by atoms with Gasteiger partial charge in [0, 0.05) is 65.1 Å². The lowest BCUT2D eigenvalue weighted by molar-refractivity contribution is 0.0963. The number of ether oxygens (including phenoxy) is 1. The minimum atomic E-state index is -0.0566. The second kappa shape index (κ2) is 15.4. The Kier molecular flexibility index (Phi) is 13.7. The number of methoxy groups -OCH3 is 1. The molecule has 1 aliphatic rings. The summed E-state index contributed by atoms with van der Waals surface area (Å²) in [6.07, 6.45) is 4.16. The lowest BCUT2D eigenvalue weighted by atomic mass is 10.1. The zero-order chi connectivity index (χ0) is 20.9. The molecule has 0 aromatic heterocycles. The summed E-state index contributed by atoms with van der Waals surface area (Å²) in [6.45, 7) is 7.80. The average molecular weight is 531 g/mol. The molecule has 0 radical (unpaired) electrons. The second-order valence-electron chi connectivity index (χ2n) is 7.40. The van der Waals surface area contributed by atoms with Crippen LogP contribution >= 0.6 is 24.0 Å². The van der Waals surface area contributed by atoms with E-state index in [4.69, 9.17) is 9.73 Å². The molecule has 7 nitrogen and oxygen atoms in total. The number of aliphatic imine (C=N–C) groups is 1. The van der Waals surface area contributed by atoms with Gasteiger partial charge in [-0.2, -0.15) is 0 Å². The maximum Gasteiger partial charge on any atom is 0.251 e. The van der Waals surface area contributed by atoms with E-state index in [9.17, 15) is 4.79 Å². The van der Waals surface area contributed by atoms with Crippen molar-refractivity contribution < 1.29 is 9.53 Å². The van der Waals surface area contributed by atoms with Crippen LogP contribution in [0.25, 0.3) is 0 Å². The third kappa shape index (κ3) is 9.61. The Morgan fingerprint density at radius 2 is 2.07 bits per heavy atom. The van der Waals surface area contributed by atoms with Crippen LogP contribution in [0, 0.1) is 0 Å². The molecule has 1 saturated heterocycles. The van der Waals surface area contributed by atoms with Crippen LogP contribution < -0.4 is 16.0 Å². The van der Waals surface area contributed by atoms with Gasteiger partial charge in [-0.15, -0.1) is 24.0 Å². The lowest BCUT2D eigenvalue weighted by Crippen LogP contribution is -2.49. The Balaban J connectivity index is 0.00000450. The molecule has 30 heavy (non-hydrogen) atoms. The molecule has 1 amide bonds. The second-order valence-corrected chi connectivity index (χ2v) is 7.40. The maximum absolute atomic E-state index is 11.8. The largest absolute Gasteiger partial charge is 0.385 e. The van der Waals surface area contributed by atoms with Crippen LogP contribution in [0.2, 0.25) is 0 Å². The lowest BCUT2D eigenvalue weighted by Gasteiger charge is -2.33. The third-order valence-electron chi connectivity index (χ3n) is 5.18. The van der Waals surface area contributed by atoms with Gasteiger partial charge in [-0.25, -0.2) is 0 Å². The number of hydrogen-bond acceptors (Lipinski definition) is 4. The van der Waals surface area contributed by atoms with Crippen molar-refractivity contribution >= 4 is 35.8 Å². The van der Waals surface area contributed by atoms with E-state index in [0.29, 0.717) is 18.2 Å². The number of piperidine rings is 1. The molecule has 3 N–H and O–H groups in total. The zero-order valence-electron chi connectivity index (χ0n) is 18.6. The van der Waals surface area contributed by atoms with Crippen molar-refractivity contribution in [2.45, 2.75) is 38.6 Å². The number of benzene rings is 1. The van der Waals surface area contributed by atoms with Gasteiger partial charge in [0.15, 0.2) is 5.96 Å². The normalized spacial score (nSPS) is 15.4. The molecule has 0 saturated carbocycles. The molecular weight excluding hydrogens is 493 g/mol. The Morgan fingerprint density at radius 3 is 2.73 bits per heavy atom. The molecule has 2 rings (SSSR count). The van der Waals surface area contributed by atoms with Crippen molar-refractivity contribution in [2.75, 3.05) is 53.5 Å². The van der Waals surface area contributed by atoms with Crippen LogP contribution in [-0.4, -0.2) is 76.3 Å². The minimum absolute atomic E-state index is 0. The molecule has 1 aromatic carbocycles. The van der Waals surface area contributed by atoms with Gasteiger partial charge < -0.3 is 25.6 Å². The summed E-state index contributed by atoms with van der Waals surface area (Å²) in [7, 11) is 3.41. The molecule has 0 bridgehead atoms. The number of hydrogen-bond donors (Lipinski definition) is 3. The highest BCUT2D eigenvalue weighted by atomic mass is 127. The first-order valence-electron chi connectivity index (χ1n) is 10.7. The number of amides is 1. The molecule has 1 heterocycles. The average Bonchev–Trinajstić information content (AvgIpc) is 2.75. The number of nitrogens with one attached hydrogen (secondary N) is 3. The van der Waals surface area contributed by atoms with Crippen LogP contribution in [0.5, 0.6) is 0 Å². The van der Waals surface area contributed by atoms with Crippen molar-refractivity contribution in [2.24, 2.45) is 4.99 Å². The fraction of sp³-hybridized carbons (Fsp3) is 0.636. The van der Waals surface area contributed by atoms with Crippen molar-refractivity contribution in [3.05, 3.63) is 35.4 Å².